The van der Waals surface area contributed by atoms with Crippen molar-refractivity contribution in [3.05, 3.63) is 29.8 Å². The van der Waals surface area contributed by atoms with Gasteiger partial charge in [0.25, 0.3) is 0 Å². The fourth-order valence-corrected chi connectivity index (χ4v) is 1.88. The summed E-state index contributed by atoms with van der Waals surface area (Å²) in [5, 5.41) is 2.60. The van der Waals surface area contributed by atoms with E-state index in [1.165, 1.54) is 0 Å². The highest BCUT2D eigenvalue weighted by Gasteiger charge is 2.14. The van der Waals surface area contributed by atoms with Crippen LogP contribution in [0, 0.1) is 0 Å². The number of anilines is 1. The van der Waals surface area contributed by atoms with E-state index < -0.39 is 15.3 Å². The Kier molecular flexibility index (Phi) is 4.32. The van der Waals surface area contributed by atoms with E-state index in [1.807, 2.05) is 19.2 Å². The lowest BCUT2D eigenvalue weighted by Crippen LogP contribution is -2.22. The van der Waals surface area contributed by atoms with Crippen LogP contribution in [0.15, 0.2) is 24.3 Å². The first-order valence-electron chi connectivity index (χ1n) is 5.21. The maximum Gasteiger partial charge on any atom is 0.235 e. The second-order valence-corrected chi connectivity index (χ2v) is 6.16. The summed E-state index contributed by atoms with van der Waals surface area (Å²) in [6.07, 6.45) is 0. The number of rotatable bonds is 5. The molecule has 0 amide bonds. The van der Waals surface area contributed by atoms with Crippen LogP contribution in [-0.4, -0.2) is 20.7 Å². The molecule has 0 spiro atoms. The molecular formula is C11H18N2O2S. The second-order valence-electron chi connectivity index (χ2n) is 3.92. The van der Waals surface area contributed by atoms with Crippen LogP contribution >= 0.6 is 0 Å². The van der Waals surface area contributed by atoms with Gasteiger partial charge in [-0.05, 0) is 38.6 Å². The predicted octanol–water partition coefficient (Wildman–Crippen LogP) is 1.56. The third kappa shape index (κ3) is 3.50. The predicted molar refractivity (Wildman–Crippen MR) is 66.9 cm³/mol. The molecule has 16 heavy (non-hydrogen) atoms. The van der Waals surface area contributed by atoms with Crippen LogP contribution in [0.1, 0.15) is 19.4 Å². The summed E-state index contributed by atoms with van der Waals surface area (Å²) in [7, 11) is -1.37. The van der Waals surface area contributed by atoms with Crippen LogP contribution in [0.25, 0.3) is 0 Å². The molecule has 4 nitrogen and oxygen atoms in total. The molecule has 1 aromatic carbocycles. The van der Waals surface area contributed by atoms with Gasteiger partial charge in [-0.25, -0.2) is 8.42 Å². The van der Waals surface area contributed by atoms with Crippen LogP contribution in [0.5, 0.6) is 0 Å². The van der Waals surface area contributed by atoms with E-state index in [0.29, 0.717) is 5.69 Å². The maximum atomic E-state index is 11.6. The molecule has 0 atom stereocenters. The van der Waals surface area contributed by atoms with Crippen LogP contribution in [0.3, 0.4) is 0 Å². The molecule has 1 rings (SSSR count). The highest BCUT2D eigenvalue weighted by Crippen LogP contribution is 2.13. The van der Waals surface area contributed by atoms with Crippen molar-refractivity contribution >= 4 is 15.7 Å². The van der Waals surface area contributed by atoms with Crippen LogP contribution in [0.4, 0.5) is 5.69 Å². The minimum absolute atomic E-state index is 0.426. The first-order chi connectivity index (χ1) is 7.45. The monoisotopic (exact) mass is 242 g/mol. The average Bonchev–Trinajstić information content (AvgIpc) is 2.21. The lowest BCUT2D eigenvalue weighted by Gasteiger charge is -2.11. The Hall–Kier alpha value is -1.07. The molecule has 0 saturated carbocycles. The highest BCUT2D eigenvalue weighted by molar-refractivity contribution is 7.93. The van der Waals surface area contributed by atoms with Crippen molar-refractivity contribution in [2.24, 2.45) is 0 Å². The largest absolute Gasteiger partial charge is 0.316 e. The summed E-state index contributed by atoms with van der Waals surface area (Å²) in [5.74, 6) is 0. The van der Waals surface area contributed by atoms with Gasteiger partial charge < -0.3 is 5.32 Å². The summed E-state index contributed by atoms with van der Waals surface area (Å²) in [5.41, 5.74) is 1.73. The van der Waals surface area contributed by atoms with Crippen LogP contribution in [0.2, 0.25) is 0 Å². The van der Waals surface area contributed by atoms with Gasteiger partial charge in [-0.1, -0.05) is 12.1 Å². The van der Waals surface area contributed by atoms with Crippen molar-refractivity contribution in [3.63, 3.8) is 0 Å². The summed E-state index contributed by atoms with van der Waals surface area (Å²) >= 11 is 0. The number of hydrogen-bond acceptors (Lipinski definition) is 3. The fraction of sp³-hybridized carbons (Fsp3) is 0.455. The number of hydrogen-bond donors (Lipinski definition) is 2. The van der Waals surface area contributed by atoms with Gasteiger partial charge in [0.1, 0.15) is 0 Å². The van der Waals surface area contributed by atoms with Crippen molar-refractivity contribution in [1.29, 1.82) is 0 Å². The van der Waals surface area contributed by atoms with Gasteiger partial charge in [-0.2, -0.15) is 0 Å². The van der Waals surface area contributed by atoms with E-state index in [9.17, 15) is 8.42 Å². The number of nitrogens with one attached hydrogen (secondary N) is 2. The zero-order valence-electron chi connectivity index (χ0n) is 9.82. The topological polar surface area (TPSA) is 58.2 Å². The minimum atomic E-state index is -3.24. The molecular weight excluding hydrogens is 224 g/mol. The molecule has 0 radical (unpaired) electrons. The lowest BCUT2D eigenvalue weighted by molar-refractivity contribution is 0.593. The van der Waals surface area contributed by atoms with Crippen LogP contribution < -0.4 is 10.0 Å². The average molecular weight is 242 g/mol. The van der Waals surface area contributed by atoms with E-state index in [2.05, 4.69) is 10.0 Å². The summed E-state index contributed by atoms with van der Waals surface area (Å²) in [6.45, 7) is 4.08. The molecule has 0 unspecified atom stereocenters. The van der Waals surface area contributed by atoms with Crippen molar-refractivity contribution < 1.29 is 8.42 Å². The Labute approximate surface area is 97.1 Å². The molecule has 0 saturated heterocycles. The first-order valence-corrected chi connectivity index (χ1v) is 6.75. The van der Waals surface area contributed by atoms with Gasteiger partial charge in [0.15, 0.2) is 0 Å². The Morgan fingerprint density at radius 3 is 2.19 bits per heavy atom. The molecule has 0 aliphatic rings. The van der Waals surface area contributed by atoms with Crippen molar-refractivity contribution in [1.82, 2.24) is 5.32 Å². The Morgan fingerprint density at radius 1 is 1.19 bits per heavy atom. The number of benzene rings is 1. The number of sulfonamides is 1. The molecule has 0 fully saturated rings. The molecule has 0 heterocycles. The Morgan fingerprint density at radius 2 is 1.75 bits per heavy atom. The van der Waals surface area contributed by atoms with Gasteiger partial charge in [0.05, 0.1) is 5.25 Å². The van der Waals surface area contributed by atoms with E-state index in [-0.39, 0.29) is 0 Å². The zero-order chi connectivity index (χ0) is 12.2. The Bertz CT molecular complexity index is 424. The summed E-state index contributed by atoms with van der Waals surface area (Å²) < 4.78 is 25.7. The quantitative estimate of drug-likeness (QED) is 0.823. The SMILES string of the molecule is CNCc1ccc(NS(=O)(=O)C(C)C)cc1. The van der Waals surface area contributed by atoms with Crippen molar-refractivity contribution in [3.8, 4) is 0 Å². The molecule has 0 aliphatic carbocycles. The van der Waals surface area contributed by atoms with Gasteiger partial charge in [-0.3, -0.25) is 4.72 Å². The van der Waals surface area contributed by atoms with E-state index in [0.717, 1.165) is 12.1 Å². The van der Waals surface area contributed by atoms with E-state index in [4.69, 9.17) is 0 Å². The molecule has 0 aliphatic heterocycles. The van der Waals surface area contributed by atoms with E-state index in [1.54, 1.807) is 26.0 Å². The second kappa shape index (κ2) is 5.32. The molecule has 0 aromatic heterocycles. The van der Waals surface area contributed by atoms with Crippen molar-refractivity contribution in [2.75, 3.05) is 11.8 Å². The van der Waals surface area contributed by atoms with Gasteiger partial charge >= 0.3 is 0 Å². The molecule has 90 valence electrons. The maximum absolute atomic E-state index is 11.6. The molecule has 0 bridgehead atoms. The molecule has 2 N–H and O–H groups in total. The lowest BCUT2D eigenvalue weighted by atomic mass is 10.2. The fourth-order valence-electron chi connectivity index (χ4n) is 1.18. The van der Waals surface area contributed by atoms with E-state index >= 15 is 0 Å². The molecule has 1 aromatic rings. The summed E-state index contributed by atoms with van der Waals surface area (Å²) in [6, 6.07) is 7.34. The standard InChI is InChI=1S/C11H18N2O2S/c1-9(2)16(14,15)13-11-6-4-10(5-7-11)8-12-3/h4-7,9,12-13H,8H2,1-3H3. The van der Waals surface area contributed by atoms with Gasteiger partial charge in [0, 0.05) is 12.2 Å². The zero-order valence-corrected chi connectivity index (χ0v) is 10.6. The third-order valence-corrected chi connectivity index (χ3v) is 3.98. The smallest absolute Gasteiger partial charge is 0.235 e. The molecule has 5 heteroatoms. The first kappa shape index (κ1) is 13.0. The third-order valence-electron chi connectivity index (χ3n) is 2.22. The minimum Gasteiger partial charge on any atom is -0.316 e. The highest BCUT2D eigenvalue weighted by atomic mass is 32.2. The van der Waals surface area contributed by atoms with Gasteiger partial charge in [-0.15, -0.1) is 0 Å². The summed E-state index contributed by atoms with van der Waals surface area (Å²) in [4.78, 5) is 0. The normalized spacial score (nSPS) is 11.8. The van der Waals surface area contributed by atoms with Crippen LogP contribution in [-0.2, 0) is 16.6 Å². The van der Waals surface area contributed by atoms with Crippen molar-refractivity contribution in [2.45, 2.75) is 25.6 Å². The van der Waals surface area contributed by atoms with Gasteiger partial charge in [0.2, 0.25) is 10.0 Å². The Balaban J connectivity index is 2.76.